The molecule has 0 amide bonds. The number of carbonyl (C=O) groups is 2. The third-order valence-corrected chi connectivity index (χ3v) is 10.8. The summed E-state index contributed by atoms with van der Waals surface area (Å²) < 4.78 is 5.60. The smallest absolute Gasteiger partial charge is 0.302 e. The van der Waals surface area contributed by atoms with Gasteiger partial charge in [0.25, 0.3) is 0 Å². The van der Waals surface area contributed by atoms with E-state index < -0.39 is 5.60 Å². The summed E-state index contributed by atoms with van der Waals surface area (Å²) in [6.45, 7) is 7.99. The monoisotopic (exact) mass is 475 g/mol. The fraction of sp³-hybridized carbons (Fsp3) is 0.633. The largest absolute Gasteiger partial charge is 0.462 e. The topological polar surface area (TPSA) is 65.0 Å². The number of hydrogen-bond donors (Lipinski definition) is 0. The standard InChI is InChI=1S/C30H37NO4/c1-18(32)30-26(27(31-35-30)20-8-6-5-7-9-20)17-25-23-11-10-21-16-22(34-19(2)33)12-14-28(21,3)24(23)13-15-29(25,30)4/h5-10,22-26H,11-17H2,1-4H3. The number of ketones is 1. The van der Waals surface area contributed by atoms with E-state index in [9.17, 15) is 9.59 Å². The number of allylic oxidation sites excluding steroid dienone is 1. The lowest BCUT2D eigenvalue weighted by Gasteiger charge is -2.58. The molecule has 3 fully saturated rings. The van der Waals surface area contributed by atoms with Crippen molar-refractivity contribution in [1.82, 2.24) is 0 Å². The molecule has 186 valence electrons. The molecule has 0 spiro atoms. The predicted molar refractivity (Wildman–Crippen MR) is 134 cm³/mol. The summed E-state index contributed by atoms with van der Waals surface area (Å²) in [5, 5.41) is 4.58. The number of carbonyl (C=O) groups excluding carboxylic acids is 2. The molecule has 6 rings (SSSR count). The van der Waals surface area contributed by atoms with Crippen LogP contribution in [0.25, 0.3) is 0 Å². The molecule has 1 aromatic rings. The van der Waals surface area contributed by atoms with Crippen LogP contribution in [0.15, 0.2) is 47.1 Å². The van der Waals surface area contributed by atoms with Gasteiger partial charge in [0.05, 0.1) is 11.6 Å². The maximum absolute atomic E-state index is 13.4. The van der Waals surface area contributed by atoms with E-state index in [2.05, 4.69) is 37.2 Å². The first kappa shape index (κ1) is 23.0. The fourth-order valence-electron chi connectivity index (χ4n) is 9.23. The molecule has 5 aliphatic rings. The van der Waals surface area contributed by atoms with E-state index in [1.54, 1.807) is 6.92 Å². The Hall–Kier alpha value is -2.43. The number of benzene rings is 1. The Bertz CT molecular complexity index is 1120. The molecule has 8 unspecified atom stereocenters. The minimum absolute atomic E-state index is 0.00837. The van der Waals surface area contributed by atoms with Gasteiger partial charge in [-0.2, -0.15) is 0 Å². The third-order valence-electron chi connectivity index (χ3n) is 10.8. The van der Waals surface area contributed by atoms with Gasteiger partial charge in [0.1, 0.15) is 6.10 Å². The second-order valence-electron chi connectivity index (χ2n) is 12.2. The SMILES string of the molecule is CC(=O)OC1CCC2(C)C(=CCC3C2CCC2(C)C3CC3C(c4ccccc4)=NOC32C(C)=O)C1. The molecule has 4 aliphatic carbocycles. The molecule has 0 aromatic heterocycles. The minimum atomic E-state index is -0.855. The van der Waals surface area contributed by atoms with E-state index in [4.69, 9.17) is 9.57 Å². The van der Waals surface area contributed by atoms with Crippen molar-refractivity contribution in [3.8, 4) is 0 Å². The molecule has 1 heterocycles. The summed E-state index contributed by atoms with van der Waals surface area (Å²) in [5.41, 5.74) is 2.59. The van der Waals surface area contributed by atoms with Gasteiger partial charge in [-0.15, -0.1) is 0 Å². The Kier molecular flexibility index (Phi) is 5.11. The number of nitrogens with zero attached hydrogens (tertiary/aromatic N) is 1. The lowest BCUT2D eigenvalue weighted by Crippen LogP contribution is -2.58. The first-order chi connectivity index (χ1) is 16.7. The van der Waals surface area contributed by atoms with Crippen LogP contribution < -0.4 is 0 Å². The predicted octanol–water partition coefficient (Wildman–Crippen LogP) is 5.87. The van der Waals surface area contributed by atoms with Crippen LogP contribution in [0.2, 0.25) is 0 Å². The van der Waals surface area contributed by atoms with Gasteiger partial charge < -0.3 is 9.57 Å². The van der Waals surface area contributed by atoms with Gasteiger partial charge in [-0.1, -0.05) is 61.0 Å². The van der Waals surface area contributed by atoms with Gasteiger partial charge in [0.2, 0.25) is 5.60 Å². The summed E-state index contributed by atoms with van der Waals surface area (Å²) in [6.07, 6.45) is 9.45. The van der Waals surface area contributed by atoms with Gasteiger partial charge >= 0.3 is 5.97 Å². The Morgan fingerprint density at radius 1 is 1.06 bits per heavy atom. The zero-order valence-electron chi connectivity index (χ0n) is 21.4. The molecule has 1 aliphatic heterocycles. The molecular formula is C30H37NO4. The van der Waals surface area contributed by atoms with Gasteiger partial charge in [-0.3, -0.25) is 9.59 Å². The molecule has 5 heteroatoms. The number of oxime groups is 1. The van der Waals surface area contributed by atoms with Crippen molar-refractivity contribution < 1.29 is 19.2 Å². The first-order valence-corrected chi connectivity index (χ1v) is 13.4. The Balaban J connectivity index is 1.35. The van der Waals surface area contributed by atoms with Crippen LogP contribution >= 0.6 is 0 Å². The van der Waals surface area contributed by atoms with E-state index in [1.807, 2.05) is 18.2 Å². The molecular weight excluding hydrogens is 438 g/mol. The van der Waals surface area contributed by atoms with Crippen molar-refractivity contribution in [3.05, 3.63) is 47.5 Å². The summed E-state index contributed by atoms with van der Waals surface area (Å²) in [7, 11) is 0. The zero-order valence-corrected chi connectivity index (χ0v) is 21.4. The lowest BCUT2D eigenvalue weighted by atomic mass is 9.46. The Morgan fingerprint density at radius 3 is 2.54 bits per heavy atom. The maximum atomic E-state index is 13.4. The summed E-state index contributed by atoms with van der Waals surface area (Å²) in [4.78, 5) is 31.3. The Morgan fingerprint density at radius 2 is 1.83 bits per heavy atom. The molecule has 35 heavy (non-hydrogen) atoms. The van der Waals surface area contributed by atoms with Crippen LogP contribution in [-0.4, -0.2) is 29.2 Å². The molecule has 0 bridgehead atoms. The summed E-state index contributed by atoms with van der Waals surface area (Å²) >= 11 is 0. The van der Waals surface area contributed by atoms with Crippen molar-refractivity contribution in [2.45, 2.75) is 84.3 Å². The molecule has 3 saturated carbocycles. The minimum Gasteiger partial charge on any atom is -0.462 e. The van der Waals surface area contributed by atoms with Crippen LogP contribution in [0.5, 0.6) is 0 Å². The molecule has 0 saturated heterocycles. The number of esters is 1. The van der Waals surface area contributed by atoms with Crippen molar-refractivity contribution in [1.29, 1.82) is 0 Å². The number of Topliss-reactive ketones (excluding diaryl/α,β-unsaturated/α-hetero) is 1. The maximum Gasteiger partial charge on any atom is 0.302 e. The average Bonchev–Trinajstić information content (AvgIpc) is 3.34. The fourth-order valence-corrected chi connectivity index (χ4v) is 9.23. The lowest BCUT2D eigenvalue weighted by molar-refractivity contribution is -0.174. The number of rotatable bonds is 3. The van der Waals surface area contributed by atoms with Gasteiger partial charge in [0, 0.05) is 18.8 Å². The van der Waals surface area contributed by atoms with Crippen LogP contribution in [0, 0.1) is 34.5 Å². The van der Waals surface area contributed by atoms with Gasteiger partial charge in [-0.05, 0) is 74.2 Å². The highest BCUT2D eigenvalue weighted by Gasteiger charge is 2.74. The molecule has 5 nitrogen and oxygen atoms in total. The highest BCUT2D eigenvalue weighted by atomic mass is 16.7. The number of fused-ring (bicyclic) bond motifs is 7. The summed E-state index contributed by atoms with van der Waals surface area (Å²) in [6, 6.07) is 10.3. The van der Waals surface area contributed by atoms with E-state index >= 15 is 0 Å². The molecule has 8 atom stereocenters. The van der Waals surface area contributed by atoms with Crippen molar-refractivity contribution in [2.75, 3.05) is 0 Å². The Labute approximate surface area is 208 Å². The average molecular weight is 476 g/mol. The van der Waals surface area contributed by atoms with E-state index in [0.717, 1.165) is 56.2 Å². The van der Waals surface area contributed by atoms with Gasteiger partial charge in [0.15, 0.2) is 5.78 Å². The normalized spacial score (nSPS) is 43.5. The first-order valence-electron chi connectivity index (χ1n) is 13.4. The third kappa shape index (κ3) is 3.02. The van der Waals surface area contributed by atoms with Crippen LogP contribution in [0.1, 0.15) is 78.2 Å². The van der Waals surface area contributed by atoms with E-state index in [0.29, 0.717) is 17.8 Å². The second-order valence-corrected chi connectivity index (χ2v) is 12.2. The quantitative estimate of drug-likeness (QED) is 0.405. The number of hydrogen-bond acceptors (Lipinski definition) is 5. The zero-order chi connectivity index (χ0) is 24.6. The number of ether oxygens (including phenoxy) is 1. The van der Waals surface area contributed by atoms with Crippen LogP contribution in [0.4, 0.5) is 0 Å². The molecule has 0 N–H and O–H groups in total. The highest BCUT2D eigenvalue weighted by Crippen LogP contribution is 2.70. The van der Waals surface area contributed by atoms with Crippen molar-refractivity contribution in [2.24, 2.45) is 39.7 Å². The summed E-state index contributed by atoms with van der Waals surface area (Å²) in [5.74, 6) is 1.51. The molecule has 1 aromatic carbocycles. The molecule has 0 radical (unpaired) electrons. The van der Waals surface area contributed by atoms with Gasteiger partial charge in [-0.25, -0.2) is 0 Å². The second kappa shape index (κ2) is 7.78. The van der Waals surface area contributed by atoms with Crippen LogP contribution in [0.3, 0.4) is 0 Å². The van der Waals surface area contributed by atoms with Crippen LogP contribution in [-0.2, 0) is 19.2 Å². The highest BCUT2D eigenvalue weighted by molar-refractivity contribution is 6.08. The van der Waals surface area contributed by atoms with Crippen molar-refractivity contribution >= 4 is 17.5 Å². The van der Waals surface area contributed by atoms with E-state index in [1.165, 1.54) is 12.5 Å². The van der Waals surface area contributed by atoms with Crippen molar-refractivity contribution in [3.63, 3.8) is 0 Å². The van der Waals surface area contributed by atoms with E-state index in [-0.39, 0.29) is 34.6 Å².